The highest BCUT2D eigenvalue weighted by atomic mass is 79.9. The smallest absolute Gasteiger partial charge is 0.0685 e. The number of halogens is 1. The maximum Gasteiger partial charge on any atom is 0.0685 e. The summed E-state index contributed by atoms with van der Waals surface area (Å²) in [6.07, 6.45) is 0. The first-order valence-electron chi connectivity index (χ1n) is 7.38. The molecule has 0 bridgehead atoms. The number of aryl methyl sites for hydroxylation is 1. The topological polar surface area (TPSA) is 17.8 Å². The molecule has 0 amide bonds. The lowest BCUT2D eigenvalue weighted by Crippen LogP contribution is -2.18. The predicted octanol–water partition coefficient (Wildman–Crippen LogP) is 5.54. The van der Waals surface area contributed by atoms with Crippen LogP contribution in [0.3, 0.4) is 0 Å². The van der Waals surface area contributed by atoms with Crippen molar-refractivity contribution in [3.63, 3.8) is 0 Å². The second-order valence-corrected chi connectivity index (χ2v) is 8.67. The Hall–Kier alpha value is -1.09. The molecule has 21 heavy (non-hydrogen) atoms. The average Bonchev–Trinajstić information content (AvgIpc) is 2.72. The third-order valence-electron chi connectivity index (χ3n) is 3.63. The van der Waals surface area contributed by atoms with Gasteiger partial charge in [0.25, 0.3) is 0 Å². The Labute approximate surface area is 136 Å². The zero-order valence-electron chi connectivity index (χ0n) is 14.1. The molecule has 2 rings (SSSR count). The number of aromatic nitrogens is 2. The van der Waals surface area contributed by atoms with Gasteiger partial charge in [0.1, 0.15) is 0 Å². The molecule has 0 unspecified atom stereocenters. The summed E-state index contributed by atoms with van der Waals surface area (Å²) in [6, 6.07) is 8.60. The maximum absolute atomic E-state index is 4.91. The molecule has 0 aliphatic heterocycles. The number of benzene rings is 1. The molecule has 2 nitrogen and oxygen atoms in total. The number of rotatable bonds is 1. The van der Waals surface area contributed by atoms with Gasteiger partial charge in [-0.2, -0.15) is 5.10 Å². The van der Waals surface area contributed by atoms with Crippen LogP contribution in [0.5, 0.6) is 0 Å². The monoisotopic (exact) mass is 348 g/mol. The molecule has 0 aliphatic rings. The third kappa shape index (κ3) is 3.39. The van der Waals surface area contributed by atoms with E-state index >= 15 is 0 Å². The van der Waals surface area contributed by atoms with Gasteiger partial charge in [-0.1, -0.05) is 57.5 Å². The third-order valence-corrected chi connectivity index (χ3v) is 4.13. The highest BCUT2D eigenvalue weighted by Gasteiger charge is 2.26. The van der Waals surface area contributed by atoms with Crippen molar-refractivity contribution in [2.45, 2.75) is 59.3 Å². The van der Waals surface area contributed by atoms with E-state index in [-0.39, 0.29) is 10.8 Å². The Bertz CT molecular complexity index is 655. The van der Waals surface area contributed by atoms with Gasteiger partial charge in [0.05, 0.1) is 11.4 Å². The summed E-state index contributed by atoms with van der Waals surface area (Å²) in [5, 5.41) is 4.91. The summed E-state index contributed by atoms with van der Waals surface area (Å²) in [6.45, 7) is 15.5. The van der Waals surface area contributed by atoms with E-state index < -0.39 is 0 Å². The predicted molar refractivity (Wildman–Crippen MR) is 93.4 cm³/mol. The first kappa shape index (κ1) is 16.3. The molecule has 0 fully saturated rings. The van der Waals surface area contributed by atoms with Crippen LogP contribution in [0, 0.1) is 6.92 Å². The molecule has 1 heterocycles. The number of nitrogens with zero attached hydrogens (tertiary/aromatic N) is 2. The summed E-state index contributed by atoms with van der Waals surface area (Å²) in [7, 11) is 0. The van der Waals surface area contributed by atoms with Crippen molar-refractivity contribution in [3.8, 4) is 5.69 Å². The van der Waals surface area contributed by atoms with Crippen molar-refractivity contribution >= 4 is 15.9 Å². The van der Waals surface area contributed by atoms with Gasteiger partial charge in [-0.3, -0.25) is 0 Å². The summed E-state index contributed by atoms with van der Waals surface area (Å²) < 4.78 is 3.21. The van der Waals surface area contributed by atoms with Gasteiger partial charge in [-0.25, -0.2) is 4.68 Å². The highest BCUT2D eigenvalue weighted by Crippen LogP contribution is 2.31. The zero-order chi connectivity index (χ0) is 16.0. The zero-order valence-corrected chi connectivity index (χ0v) is 15.7. The van der Waals surface area contributed by atoms with Crippen LogP contribution in [0.2, 0.25) is 0 Å². The molecule has 1 aromatic carbocycles. The van der Waals surface area contributed by atoms with Crippen LogP contribution in [0.4, 0.5) is 0 Å². The molecule has 0 saturated carbocycles. The van der Waals surface area contributed by atoms with Gasteiger partial charge in [-0.15, -0.1) is 0 Å². The van der Waals surface area contributed by atoms with Crippen LogP contribution < -0.4 is 0 Å². The molecule has 1 aromatic heterocycles. The molecule has 114 valence electrons. The lowest BCUT2D eigenvalue weighted by Gasteiger charge is -2.21. The summed E-state index contributed by atoms with van der Waals surface area (Å²) in [4.78, 5) is 0. The fourth-order valence-electron chi connectivity index (χ4n) is 2.32. The van der Waals surface area contributed by atoms with Crippen molar-refractivity contribution < 1.29 is 0 Å². The van der Waals surface area contributed by atoms with Crippen LogP contribution in [0.1, 0.15) is 58.5 Å². The number of hydrogen-bond acceptors (Lipinski definition) is 1. The molecule has 0 radical (unpaired) electrons. The van der Waals surface area contributed by atoms with Crippen LogP contribution in [0.15, 0.2) is 28.7 Å². The van der Waals surface area contributed by atoms with E-state index in [1.54, 1.807) is 0 Å². The summed E-state index contributed by atoms with van der Waals surface area (Å²) in [5.74, 6) is 0. The lowest BCUT2D eigenvalue weighted by molar-refractivity contribution is 0.536. The van der Waals surface area contributed by atoms with Gasteiger partial charge >= 0.3 is 0 Å². The minimum absolute atomic E-state index is 0.0501. The SMILES string of the molecule is Cc1cc(Br)ccc1-n1nc(C(C)(C)C)cc1C(C)(C)C. The van der Waals surface area contributed by atoms with Gasteiger partial charge < -0.3 is 0 Å². The van der Waals surface area contributed by atoms with E-state index in [0.29, 0.717) is 0 Å². The van der Waals surface area contributed by atoms with Gasteiger partial charge in [-0.05, 0) is 36.8 Å². The molecule has 0 saturated heterocycles. The first-order valence-corrected chi connectivity index (χ1v) is 8.17. The Morgan fingerprint density at radius 2 is 1.57 bits per heavy atom. The van der Waals surface area contributed by atoms with Crippen LogP contribution >= 0.6 is 15.9 Å². The molecule has 0 spiro atoms. The van der Waals surface area contributed by atoms with Gasteiger partial charge in [0.2, 0.25) is 0 Å². The average molecular weight is 349 g/mol. The Balaban J connectivity index is 2.69. The largest absolute Gasteiger partial charge is 0.237 e. The summed E-state index contributed by atoms with van der Waals surface area (Å²) >= 11 is 3.53. The normalized spacial score (nSPS) is 12.8. The Kier molecular flexibility index (Phi) is 4.09. The van der Waals surface area contributed by atoms with Crippen molar-refractivity contribution in [1.82, 2.24) is 9.78 Å². The molecule has 3 heteroatoms. The maximum atomic E-state index is 4.91. The van der Waals surface area contributed by atoms with Crippen molar-refractivity contribution in [1.29, 1.82) is 0 Å². The molecule has 2 aromatic rings. The van der Waals surface area contributed by atoms with E-state index in [0.717, 1.165) is 15.9 Å². The van der Waals surface area contributed by atoms with Gasteiger partial charge in [0.15, 0.2) is 0 Å². The standard InChI is InChI=1S/C18H25BrN2/c1-12-10-13(19)8-9-14(12)21-16(18(5,6)7)11-15(20-21)17(2,3)4/h8-11H,1-7H3. The molecular formula is C18H25BrN2. The molecular weight excluding hydrogens is 324 g/mol. The Morgan fingerprint density at radius 3 is 2.05 bits per heavy atom. The van der Waals surface area contributed by atoms with E-state index in [4.69, 9.17) is 5.10 Å². The molecule has 0 atom stereocenters. The van der Waals surface area contributed by atoms with Crippen molar-refractivity contribution in [2.75, 3.05) is 0 Å². The van der Waals surface area contributed by atoms with E-state index in [9.17, 15) is 0 Å². The minimum Gasteiger partial charge on any atom is -0.237 e. The van der Waals surface area contributed by atoms with Crippen molar-refractivity contribution in [3.05, 3.63) is 45.7 Å². The second-order valence-electron chi connectivity index (χ2n) is 7.76. The molecule has 0 N–H and O–H groups in total. The fourth-order valence-corrected chi connectivity index (χ4v) is 2.80. The van der Waals surface area contributed by atoms with E-state index in [1.807, 2.05) is 0 Å². The highest BCUT2D eigenvalue weighted by molar-refractivity contribution is 9.10. The lowest BCUT2D eigenvalue weighted by atomic mass is 9.88. The first-order chi connectivity index (χ1) is 9.50. The molecule has 0 aliphatic carbocycles. The van der Waals surface area contributed by atoms with Gasteiger partial charge in [0, 0.05) is 21.0 Å². The fraction of sp³-hybridized carbons (Fsp3) is 0.500. The van der Waals surface area contributed by atoms with Crippen LogP contribution in [-0.4, -0.2) is 9.78 Å². The number of hydrogen-bond donors (Lipinski definition) is 0. The minimum atomic E-state index is 0.0501. The summed E-state index contributed by atoms with van der Waals surface area (Å²) in [5.41, 5.74) is 4.86. The second kappa shape index (κ2) is 5.28. The quantitative estimate of drug-likeness (QED) is 0.661. The Morgan fingerprint density at radius 1 is 0.952 bits per heavy atom. The van der Waals surface area contributed by atoms with Crippen LogP contribution in [-0.2, 0) is 10.8 Å². The van der Waals surface area contributed by atoms with E-state index in [1.165, 1.54) is 11.3 Å². The van der Waals surface area contributed by atoms with E-state index in [2.05, 4.69) is 93.3 Å². The van der Waals surface area contributed by atoms with Crippen LogP contribution in [0.25, 0.3) is 5.69 Å². The van der Waals surface area contributed by atoms with Crippen molar-refractivity contribution in [2.24, 2.45) is 0 Å².